The molecule has 2 saturated heterocycles. The van der Waals surface area contributed by atoms with Gasteiger partial charge in [-0.2, -0.15) is 0 Å². The number of piperidine rings is 1. The first kappa shape index (κ1) is 23.7. The van der Waals surface area contributed by atoms with E-state index in [1.165, 1.54) is 31.4 Å². The van der Waals surface area contributed by atoms with Crippen LogP contribution in [0.4, 0.5) is 0 Å². The minimum Gasteiger partial charge on any atom is -0.355 e. The predicted molar refractivity (Wildman–Crippen MR) is 127 cm³/mol. The molecular weight excluding hydrogens is 400 g/mol. The average Bonchev–Trinajstić information content (AvgIpc) is 3.65. The number of carbonyl (C=O) groups is 2. The van der Waals surface area contributed by atoms with Crippen LogP contribution in [0.5, 0.6) is 0 Å². The minimum absolute atomic E-state index is 0.237. The maximum atomic E-state index is 13.2. The summed E-state index contributed by atoms with van der Waals surface area (Å²) in [4.78, 5) is 30.0. The van der Waals surface area contributed by atoms with Gasteiger partial charge < -0.3 is 15.5 Å². The number of rotatable bonds is 7. The van der Waals surface area contributed by atoms with Crippen LogP contribution in [0.3, 0.4) is 0 Å². The van der Waals surface area contributed by atoms with Crippen LogP contribution in [-0.4, -0.2) is 67.0 Å². The van der Waals surface area contributed by atoms with Gasteiger partial charge in [0.25, 0.3) is 0 Å². The lowest BCUT2D eigenvalue weighted by Crippen LogP contribution is -2.95. The lowest BCUT2D eigenvalue weighted by Gasteiger charge is -2.40. The van der Waals surface area contributed by atoms with Gasteiger partial charge in [0.2, 0.25) is 11.8 Å². The van der Waals surface area contributed by atoms with E-state index in [1.807, 2.05) is 0 Å². The molecule has 2 aliphatic carbocycles. The normalized spacial score (nSPS) is 32.0. The van der Waals surface area contributed by atoms with Crippen LogP contribution < -0.4 is 10.6 Å². The third-order valence-corrected chi connectivity index (χ3v) is 8.49. The van der Waals surface area contributed by atoms with Gasteiger partial charge >= 0.3 is 0 Å². The first-order valence-corrected chi connectivity index (χ1v) is 13.2. The smallest absolute Gasteiger partial charge is 0.223 e. The zero-order chi connectivity index (χ0) is 22.7. The number of piperazine rings is 1. The largest absolute Gasteiger partial charge is 0.355 e. The first-order chi connectivity index (χ1) is 15.4. The number of nitrogens with one attached hydrogen (secondary N) is 1. The molecule has 2 amide bonds. The first-order valence-electron chi connectivity index (χ1n) is 13.2. The highest BCUT2D eigenvalue weighted by Gasteiger charge is 2.36. The number of hydrogen-bond acceptors (Lipinski definition) is 3. The van der Waals surface area contributed by atoms with E-state index in [2.05, 4.69) is 47.3 Å². The molecule has 0 bridgehead atoms. The van der Waals surface area contributed by atoms with E-state index in [0.29, 0.717) is 42.2 Å². The van der Waals surface area contributed by atoms with E-state index in [1.54, 1.807) is 0 Å². The van der Waals surface area contributed by atoms with Crippen LogP contribution in [0, 0.1) is 29.6 Å². The predicted octanol–water partition coefficient (Wildman–Crippen LogP) is 1.97. The Labute approximate surface area is 194 Å². The SMILES string of the molecule is CC1=C[C@@H](CNC(=O)C2CC2)[C@H](C(C)C)C[C@H]1CC(=O)N1CCN(C2CCCC[NH2+]2)CC1. The van der Waals surface area contributed by atoms with Crippen LogP contribution in [0.25, 0.3) is 0 Å². The fourth-order valence-corrected chi connectivity index (χ4v) is 6.12. The molecule has 0 aromatic carbocycles. The topological polar surface area (TPSA) is 69.3 Å². The van der Waals surface area contributed by atoms with E-state index >= 15 is 0 Å². The molecule has 4 atom stereocenters. The molecule has 6 nitrogen and oxygen atoms in total. The lowest BCUT2D eigenvalue weighted by atomic mass is 9.69. The van der Waals surface area contributed by atoms with Crippen molar-refractivity contribution >= 4 is 11.8 Å². The van der Waals surface area contributed by atoms with E-state index in [4.69, 9.17) is 0 Å². The summed E-state index contributed by atoms with van der Waals surface area (Å²) in [7, 11) is 0. The summed E-state index contributed by atoms with van der Waals surface area (Å²) in [5.74, 6) is 2.64. The third kappa shape index (κ3) is 5.93. The van der Waals surface area contributed by atoms with Crippen LogP contribution in [0.15, 0.2) is 11.6 Å². The van der Waals surface area contributed by atoms with E-state index in [-0.39, 0.29) is 11.8 Å². The summed E-state index contributed by atoms with van der Waals surface area (Å²) in [5, 5.41) is 5.69. The van der Waals surface area contributed by atoms with Crippen molar-refractivity contribution in [2.45, 2.75) is 71.9 Å². The number of hydrogen-bond donors (Lipinski definition) is 2. The van der Waals surface area contributed by atoms with Crippen LogP contribution >= 0.6 is 0 Å². The molecule has 0 aromatic heterocycles. The quantitative estimate of drug-likeness (QED) is 0.589. The number of nitrogens with zero attached hydrogens (tertiary/aromatic N) is 2. The maximum absolute atomic E-state index is 13.2. The Kier molecular flexibility index (Phi) is 7.93. The van der Waals surface area contributed by atoms with Crippen molar-refractivity contribution in [3.63, 3.8) is 0 Å². The van der Waals surface area contributed by atoms with E-state index in [9.17, 15) is 9.59 Å². The van der Waals surface area contributed by atoms with Gasteiger partial charge in [-0.05, 0) is 62.7 Å². The highest BCUT2D eigenvalue weighted by atomic mass is 16.2. The van der Waals surface area contributed by atoms with Gasteiger partial charge in [-0.1, -0.05) is 25.5 Å². The molecule has 3 N–H and O–H groups in total. The van der Waals surface area contributed by atoms with Gasteiger partial charge in [0, 0.05) is 51.5 Å². The summed E-state index contributed by atoms with van der Waals surface area (Å²) in [6.07, 6.45) is 10.8. The van der Waals surface area contributed by atoms with Gasteiger partial charge in [-0.15, -0.1) is 0 Å². The highest BCUT2D eigenvalue weighted by Crippen LogP contribution is 2.39. The lowest BCUT2D eigenvalue weighted by molar-refractivity contribution is -0.717. The second-order valence-electron chi connectivity index (χ2n) is 11.1. The summed E-state index contributed by atoms with van der Waals surface area (Å²) >= 11 is 0. The van der Waals surface area contributed by atoms with Crippen molar-refractivity contribution in [2.75, 3.05) is 39.3 Å². The van der Waals surface area contributed by atoms with Crippen LogP contribution in [0.1, 0.15) is 65.7 Å². The van der Waals surface area contributed by atoms with Crippen molar-refractivity contribution in [3.05, 3.63) is 11.6 Å². The number of allylic oxidation sites excluding steroid dienone is 1. The molecule has 2 heterocycles. The number of quaternary nitrogens is 1. The molecule has 180 valence electrons. The van der Waals surface area contributed by atoms with Crippen molar-refractivity contribution in [1.29, 1.82) is 0 Å². The van der Waals surface area contributed by atoms with Crippen LogP contribution in [0.2, 0.25) is 0 Å². The molecule has 3 fully saturated rings. The molecule has 0 radical (unpaired) electrons. The molecule has 0 aromatic rings. The zero-order valence-corrected chi connectivity index (χ0v) is 20.5. The van der Waals surface area contributed by atoms with Crippen molar-refractivity contribution in [3.8, 4) is 0 Å². The third-order valence-electron chi connectivity index (χ3n) is 8.49. The molecule has 0 spiro atoms. The Bertz CT molecular complexity index is 688. The molecule has 1 saturated carbocycles. The molecule has 6 heteroatoms. The summed E-state index contributed by atoms with van der Waals surface area (Å²) in [6.45, 7) is 12.6. The number of amides is 2. The molecule has 32 heavy (non-hydrogen) atoms. The standard InChI is InChI=1S/C26H44N4O2/c1-18(2)23-15-21(19(3)14-22(23)17-28-26(32)20-7-8-20)16-25(31)30-12-10-29(11-13-30)24-6-4-5-9-27-24/h14,18,20-24,27H,4-13,15-17H2,1-3H3,(H,28,32)/p+1/t21-,22-,23-,24?/m0/s1. The second-order valence-corrected chi connectivity index (χ2v) is 11.1. The fourth-order valence-electron chi connectivity index (χ4n) is 6.12. The Morgan fingerprint density at radius 1 is 1.12 bits per heavy atom. The zero-order valence-electron chi connectivity index (χ0n) is 20.5. The van der Waals surface area contributed by atoms with Crippen molar-refractivity contribution in [2.24, 2.45) is 29.6 Å². The Morgan fingerprint density at radius 2 is 1.88 bits per heavy atom. The van der Waals surface area contributed by atoms with E-state index in [0.717, 1.165) is 52.0 Å². The Morgan fingerprint density at radius 3 is 2.50 bits per heavy atom. The van der Waals surface area contributed by atoms with E-state index < -0.39 is 0 Å². The second kappa shape index (κ2) is 10.7. The van der Waals surface area contributed by atoms with Crippen molar-refractivity contribution < 1.29 is 14.9 Å². The van der Waals surface area contributed by atoms with Gasteiger partial charge in [-0.3, -0.25) is 14.5 Å². The van der Waals surface area contributed by atoms with Crippen LogP contribution in [-0.2, 0) is 9.59 Å². The monoisotopic (exact) mass is 445 g/mol. The molecule has 4 aliphatic rings. The van der Waals surface area contributed by atoms with Gasteiger partial charge in [0.1, 0.15) is 6.17 Å². The Hall–Kier alpha value is -1.40. The van der Waals surface area contributed by atoms with Crippen molar-refractivity contribution in [1.82, 2.24) is 15.1 Å². The van der Waals surface area contributed by atoms with Gasteiger partial charge in [-0.25, -0.2) is 0 Å². The average molecular weight is 446 g/mol. The summed E-state index contributed by atoms with van der Waals surface area (Å²) in [5.41, 5.74) is 1.34. The fraction of sp³-hybridized carbons (Fsp3) is 0.846. The van der Waals surface area contributed by atoms with Gasteiger partial charge in [0.15, 0.2) is 0 Å². The number of nitrogens with two attached hydrogens (primary N) is 1. The molecule has 1 unspecified atom stereocenters. The number of carbonyl (C=O) groups excluding carboxylic acids is 2. The molecular formula is C26H45N4O2+. The minimum atomic E-state index is 0.237. The highest BCUT2D eigenvalue weighted by molar-refractivity contribution is 5.80. The molecule has 4 rings (SSSR count). The Balaban J connectivity index is 1.28. The van der Waals surface area contributed by atoms with Gasteiger partial charge in [0.05, 0.1) is 6.54 Å². The summed E-state index contributed by atoms with van der Waals surface area (Å²) < 4.78 is 0. The molecule has 2 aliphatic heterocycles. The maximum Gasteiger partial charge on any atom is 0.223 e. The summed E-state index contributed by atoms with van der Waals surface area (Å²) in [6, 6.07) is 0.